The van der Waals surface area contributed by atoms with Crippen LogP contribution in [0.1, 0.15) is 0 Å². The Morgan fingerprint density at radius 3 is 1.92 bits per heavy atom. The van der Waals surface area contributed by atoms with Crippen LogP contribution in [0.25, 0.3) is 77.2 Å². The molecule has 2 aromatic heterocycles. The molecule has 10 rings (SSSR count). The summed E-state index contributed by atoms with van der Waals surface area (Å²) < 4.78 is 12.9. The zero-order valence-electron chi connectivity index (χ0n) is 26.4. The average molecular weight is 629 g/mol. The van der Waals surface area contributed by atoms with Crippen LogP contribution in [-0.4, -0.2) is 4.98 Å². The highest BCUT2D eigenvalue weighted by molar-refractivity contribution is 6.20. The van der Waals surface area contributed by atoms with Gasteiger partial charge in [-0.15, -0.1) is 0 Å². The number of furan rings is 1. The summed E-state index contributed by atoms with van der Waals surface area (Å²) in [7, 11) is 0. The van der Waals surface area contributed by atoms with Gasteiger partial charge >= 0.3 is 0 Å². The van der Waals surface area contributed by atoms with Gasteiger partial charge in [-0.2, -0.15) is 0 Å². The van der Waals surface area contributed by atoms with Crippen molar-refractivity contribution in [3.63, 3.8) is 0 Å². The van der Waals surface area contributed by atoms with E-state index in [1.54, 1.807) is 0 Å². The summed E-state index contributed by atoms with van der Waals surface area (Å²) in [5.74, 6) is 0.621. The van der Waals surface area contributed by atoms with Gasteiger partial charge in [-0.3, -0.25) is 0 Å². The number of nitrogens with zero attached hydrogens (tertiary/aromatic N) is 2. The minimum Gasteiger partial charge on any atom is -0.456 e. The van der Waals surface area contributed by atoms with Crippen molar-refractivity contribution in [2.75, 3.05) is 4.90 Å². The largest absolute Gasteiger partial charge is 0.456 e. The molecule has 0 fully saturated rings. The molecule has 2 heterocycles. The molecule has 49 heavy (non-hydrogen) atoms. The van der Waals surface area contributed by atoms with Gasteiger partial charge in [0, 0.05) is 44.5 Å². The zero-order valence-corrected chi connectivity index (χ0v) is 26.4. The van der Waals surface area contributed by atoms with Crippen molar-refractivity contribution in [1.29, 1.82) is 0 Å². The molecule has 0 radical (unpaired) electrons. The molecule has 0 amide bonds. The van der Waals surface area contributed by atoms with Crippen molar-refractivity contribution >= 4 is 71.6 Å². The molecule has 4 nitrogen and oxygen atoms in total. The van der Waals surface area contributed by atoms with Gasteiger partial charge in [-0.05, 0) is 76.5 Å². The van der Waals surface area contributed by atoms with E-state index in [-0.39, 0.29) is 0 Å². The molecule has 230 valence electrons. The fourth-order valence-corrected chi connectivity index (χ4v) is 7.16. The molecule has 10 aromatic rings. The lowest BCUT2D eigenvalue weighted by Crippen LogP contribution is -2.10. The van der Waals surface area contributed by atoms with Crippen molar-refractivity contribution < 1.29 is 8.83 Å². The van der Waals surface area contributed by atoms with E-state index in [1.165, 1.54) is 11.1 Å². The van der Waals surface area contributed by atoms with Crippen LogP contribution in [-0.2, 0) is 0 Å². The second kappa shape index (κ2) is 11.0. The maximum absolute atomic E-state index is 6.54. The molecule has 0 saturated carbocycles. The first-order chi connectivity index (χ1) is 24.3. The van der Waals surface area contributed by atoms with E-state index in [0.29, 0.717) is 5.89 Å². The molecule has 0 spiro atoms. The molecule has 0 unspecified atom stereocenters. The fraction of sp³-hybridized carbons (Fsp3) is 0. The molecule has 0 atom stereocenters. The lowest BCUT2D eigenvalue weighted by molar-refractivity contribution is 0.623. The second-order valence-electron chi connectivity index (χ2n) is 12.4. The lowest BCUT2D eigenvalue weighted by atomic mass is 9.98. The van der Waals surface area contributed by atoms with Crippen molar-refractivity contribution in [3.05, 3.63) is 170 Å². The summed E-state index contributed by atoms with van der Waals surface area (Å²) in [5.41, 5.74) is 9.80. The molecule has 0 aliphatic heterocycles. The summed E-state index contributed by atoms with van der Waals surface area (Å²) in [5, 5.41) is 6.59. The third-order valence-electron chi connectivity index (χ3n) is 9.49. The summed E-state index contributed by atoms with van der Waals surface area (Å²) in [4.78, 5) is 7.21. The molecule has 0 aliphatic rings. The quantitative estimate of drug-likeness (QED) is 0.178. The second-order valence-corrected chi connectivity index (χ2v) is 12.4. The topological polar surface area (TPSA) is 42.4 Å². The summed E-state index contributed by atoms with van der Waals surface area (Å²) in [6, 6.07) is 59.2. The molecule has 0 aliphatic carbocycles. The first-order valence-corrected chi connectivity index (χ1v) is 16.5. The highest BCUT2D eigenvalue weighted by atomic mass is 16.3. The summed E-state index contributed by atoms with van der Waals surface area (Å²) >= 11 is 0. The monoisotopic (exact) mass is 628 g/mol. The van der Waals surface area contributed by atoms with Crippen LogP contribution in [0.3, 0.4) is 0 Å². The van der Waals surface area contributed by atoms with Gasteiger partial charge in [-0.25, -0.2) is 4.98 Å². The minimum atomic E-state index is 0.621. The number of benzene rings is 8. The Bertz CT molecular complexity index is 2820. The third kappa shape index (κ3) is 4.49. The van der Waals surface area contributed by atoms with Gasteiger partial charge in [0.2, 0.25) is 5.89 Å². The van der Waals surface area contributed by atoms with E-state index >= 15 is 0 Å². The van der Waals surface area contributed by atoms with E-state index in [4.69, 9.17) is 13.8 Å². The zero-order chi connectivity index (χ0) is 32.3. The van der Waals surface area contributed by atoms with Crippen molar-refractivity contribution in [1.82, 2.24) is 4.98 Å². The maximum atomic E-state index is 6.54. The van der Waals surface area contributed by atoms with Gasteiger partial charge in [-0.1, -0.05) is 109 Å². The number of oxazole rings is 1. The van der Waals surface area contributed by atoms with Crippen LogP contribution >= 0.6 is 0 Å². The van der Waals surface area contributed by atoms with Crippen molar-refractivity contribution in [3.8, 4) is 22.6 Å². The molecule has 4 heteroatoms. The fourth-order valence-electron chi connectivity index (χ4n) is 7.16. The first kappa shape index (κ1) is 27.5. The molecule has 0 saturated heterocycles. The minimum absolute atomic E-state index is 0.621. The normalized spacial score (nSPS) is 11.7. The van der Waals surface area contributed by atoms with Crippen LogP contribution in [0.15, 0.2) is 179 Å². The maximum Gasteiger partial charge on any atom is 0.227 e. The van der Waals surface area contributed by atoms with Crippen molar-refractivity contribution in [2.45, 2.75) is 0 Å². The van der Waals surface area contributed by atoms with E-state index in [1.807, 2.05) is 54.6 Å². The lowest BCUT2D eigenvalue weighted by Gasteiger charge is -2.27. The number of fused-ring (bicyclic) bond motifs is 8. The molecule has 8 aromatic carbocycles. The van der Waals surface area contributed by atoms with Gasteiger partial charge in [0.05, 0.1) is 5.69 Å². The Morgan fingerprint density at radius 1 is 0.429 bits per heavy atom. The Kier molecular flexibility index (Phi) is 6.15. The van der Waals surface area contributed by atoms with E-state index in [2.05, 4.69) is 120 Å². The van der Waals surface area contributed by atoms with Crippen molar-refractivity contribution in [2.24, 2.45) is 0 Å². The smallest absolute Gasteiger partial charge is 0.227 e. The van der Waals surface area contributed by atoms with Gasteiger partial charge in [0.15, 0.2) is 5.58 Å². The van der Waals surface area contributed by atoms with Crippen LogP contribution in [0.4, 0.5) is 17.1 Å². The van der Waals surface area contributed by atoms with E-state index < -0.39 is 0 Å². The standard InChI is InChI=1S/C45H28N2O2/c1-3-10-29(11-4-1)30-18-22-33(23-19-30)47(34-24-26-37-36-14-7-8-17-41(36)48-42(37)28-34)40-16-9-15-38-35(40)25-20-31-21-27-39-44(43(31)38)49-45(46-39)32-12-5-2-6-13-32/h1-28H. The Morgan fingerprint density at radius 2 is 1.08 bits per heavy atom. The number of anilines is 3. The highest BCUT2D eigenvalue weighted by Gasteiger charge is 2.20. The molecule has 0 N–H and O–H groups in total. The summed E-state index contributed by atoms with van der Waals surface area (Å²) in [6.45, 7) is 0. The Hall–Kier alpha value is -6.65. The van der Waals surface area contributed by atoms with Gasteiger partial charge in [0.1, 0.15) is 16.7 Å². The number of hydrogen-bond acceptors (Lipinski definition) is 4. The summed E-state index contributed by atoms with van der Waals surface area (Å²) in [6.07, 6.45) is 0. The number of hydrogen-bond donors (Lipinski definition) is 0. The van der Waals surface area contributed by atoms with Gasteiger partial charge < -0.3 is 13.7 Å². The van der Waals surface area contributed by atoms with Crippen LogP contribution in [0.2, 0.25) is 0 Å². The predicted molar refractivity (Wildman–Crippen MR) is 202 cm³/mol. The van der Waals surface area contributed by atoms with Gasteiger partial charge in [0.25, 0.3) is 0 Å². The van der Waals surface area contributed by atoms with Crippen LogP contribution < -0.4 is 4.90 Å². The van der Waals surface area contributed by atoms with Crippen LogP contribution in [0, 0.1) is 0 Å². The third-order valence-corrected chi connectivity index (χ3v) is 9.49. The first-order valence-electron chi connectivity index (χ1n) is 16.5. The van der Waals surface area contributed by atoms with E-state index in [9.17, 15) is 0 Å². The number of para-hydroxylation sites is 1. The number of rotatable bonds is 5. The number of aromatic nitrogens is 1. The van der Waals surface area contributed by atoms with Crippen LogP contribution in [0.5, 0.6) is 0 Å². The molecular formula is C45H28N2O2. The highest BCUT2D eigenvalue weighted by Crippen LogP contribution is 2.44. The Labute approximate surface area is 282 Å². The average Bonchev–Trinajstić information content (AvgIpc) is 3.78. The molecule has 0 bridgehead atoms. The Balaban J connectivity index is 1.20. The molecular weight excluding hydrogens is 601 g/mol. The predicted octanol–water partition coefficient (Wildman–Crippen LogP) is 12.8. The SMILES string of the molecule is c1ccc(-c2ccc(N(c3ccc4c(c3)oc3ccccc34)c3cccc4c3ccc3ccc5nc(-c6ccccc6)oc5c34)cc2)cc1. The van der Waals surface area contributed by atoms with E-state index in [0.717, 1.165) is 77.2 Å².